The Kier molecular flexibility index (Phi) is 7.71. The molecule has 0 radical (unpaired) electrons. The van der Waals surface area contributed by atoms with Crippen molar-refractivity contribution in [3.63, 3.8) is 0 Å². The van der Waals surface area contributed by atoms with Gasteiger partial charge in [-0.1, -0.05) is 157 Å². The van der Waals surface area contributed by atoms with Crippen molar-refractivity contribution in [3.05, 3.63) is 221 Å². The average molecular weight is 900 g/mol. The Labute approximate surface area is 407 Å². The van der Waals surface area contributed by atoms with Gasteiger partial charge < -0.3 is 13.7 Å². The molecule has 0 N–H and O–H groups in total. The normalized spacial score (nSPS) is 15.3. The minimum absolute atomic E-state index is 0.174. The standard InChI is InChI=1S/C67H49NO2/c1-65(2)51-30-31-59-62(46-20-12-14-22-57(46)69-59)61(51)50-37-54-49(36-55(50)65)44-28-26-42(33-52(44)66(54,3)4)68(41-25-24-38-16-10-11-19-40(38)32-41)43-27-29-45-53(34-43)67(5,6)56-35-48(39-17-8-7-9-18-39)64-63(60(45)56)47-21-13-15-23-58(47)70-64/h7-37H,1-6H3. The van der Waals surface area contributed by atoms with Gasteiger partial charge in [0.15, 0.2) is 0 Å². The molecule has 0 saturated carbocycles. The summed E-state index contributed by atoms with van der Waals surface area (Å²) < 4.78 is 13.3. The minimum Gasteiger partial charge on any atom is -0.456 e. The maximum absolute atomic E-state index is 6.80. The van der Waals surface area contributed by atoms with Crippen LogP contribution in [-0.4, -0.2) is 0 Å². The summed E-state index contributed by atoms with van der Waals surface area (Å²) in [4.78, 5) is 2.49. The zero-order valence-electron chi connectivity index (χ0n) is 40.2. The summed E-state index contributed by atoms with van der Waals surface area (Å²) in [5, 5.41) is 7.19. The van der Waals surface area contributed by atoms with Crippen LogP contribution in [0.15, 0.2) is 197 Å². The Balaban J connectivity index is 0.912. The van der Waals surface area contributed by atoms with Crippen molar-refractivity contribution in [1.29, 1.82) is 0 Å². The van der Waals surface area contributed by atoms with Crippen molar-refractivity contribution in [2.45, 2.75) is 57.8 Å². The molecule has 12 aromatic rings. The fourth-order valence-corrected chi connectivity index (χ4v) is 13.2. The molecule has 0 amide bonds. The van der Waals surface area contributed by atoms with Crippen molar-refractivity contribution >= 4 is 71.7 Å². The van der Waals surface area contributed by atoms with E-state index in [1.54, 1.807) is 0 Å². The first kappa shape index (κ1) is 39.8. The van der Waals surface area contributed by atoms with Gasteiger partial charge in [-0.05, 0) is 156 Å². The molecule has 3 nitrogen and oxygen atoms in total. The van der Waals surface area contributed by atoms with Crippen molar-refractivity contribution in [3.8, 4) is 44.5 Å². The molecule has 0 unspecified atom stereocenters. The van der Waals surface area contributed by atoms with Crippen molar-refractivity contribution in [2.75, 3.05) is 4.90 Å². The summed E-state index contributed by atoms with van der Waals surface area (Å²) in [7, 11) is 0. The zero-order valence-corrected chi connectivity index (χ0v) is 40.2. The third-order valence-corrected chi connectivity index (χ3v) is 16.8. The number of furan rings is 2. The summed E-state index contributed by atoms with van der Waals surface area (Å²) in [5.74, 6) is 0. The summed E-state index contributed by atoms with van der Waals surface area (Å²) >= 11 is 0. The molecule has 10 aromatic carbocycles. The Morgan fingerprint density at radius 2 is 0.857 bits per heavy atom. The van der Waals surface area contributed by atoms with Crippen LogP contribution in [0, 0.1) is 0 Å². The highest BCUT2D eigenvalue weighted by Crippen LogP contribution is 2.60. The maximum atomic E-state index is 6.80. The van der Waals surface area contributed by atoms with Gasteiger partial charge in [-0.25, -0.2) is 0 Å². The highest BCUT2D eigenvalue weighted by Gasteiger charge is 2.44. The van der Waals surface area contributed by atoms with Crippen LogP contribution < -0.4 is 4.90 Å². The lowest BCUT2D eigenvalue weighted by atomic mass is 9.79. The van der Waals surface area contributed by atoms with E-state index >= 15 is 0 Å². The maximum Gasteiger partial charge on any atom is 0.143 e. The number of hydrogen-bond acceptors (Lipinski definition) is 3. The van der Waals surface area contributed by atoms with Gasteiger partial charge in [-0.3, -0.25) is 0 Å². The van der Waals surface area contributed by atoms with Crippen molar-refractivity contribution in [1.82, 2.24) is 0 Å². The molecular formula is C67H49NO2. The van der Waals surface area contributed by atoms with Crippen LogP contribution in [0.1, 0.15) is 74.9 Å². The summed E-state index contributed by atoms with van der Waals surface area (Å²) in [6.45, 7) is 14.4. The molecule has 2 aromatic heterocycles. The molecule has 334 valence electrons. The van der Waals surface area contributed by atoms with Gasteiger partial charge in [-0.2, -0.15) is 0 Å². The Morgan fingerprint density at radius 1 is 0.329 bits per heavy atom. The number of rotatable bonds is 4. The first-order valence-electron chi connectivity index (χ1n) is 24.7. The number of benzene rings is 10. The molecule has 3 heteroatoms. The molecule has 0 saturated heterocycles. The predicted molar refractivity (Wildman–Crippen MR) is 291 cm³/mol. The third kappa shape index (κ3) is 5.14. The van der Waals surface area contributed by atoms with Crippen LogP contribution in [0.25, 0.3) is 99.2 Å². The van der Waals surface area contributed by atoms with E-state index in [1.165, 1.54) is 93.7 Å². The van der Waals surface area contributed by atoms with Crippen LogP contribution >= 0.6 is 0 Å². The average Bonchev–Trinajstić information content (AvgIpc) is 4.13. The van der Waals surface area contributed by atoms with E-state index < -0.39 is 0 Å². The van der Waals surface area contributed by atoms with E-state index in [9.17, 15) is 0 Å². The van der Waals surface area contributed by atoms with E-state index in [0.29, 0.717) is 0 Å². The van der Waals surface area contributed by atoms with Crippen LogP contribution in [0.4, 0.5) is 17.1 Å². The van der Waals surface area contributed by atoms with Crippen LogP contribution in [0.3, 0.4) is 0 Å². The van der Waals surface area contributed by atoms with E-state index in [0.717, 1.165) is 55.9 Å². The van der Waals surface area contributed by atoms with Gasteiger partial charge in [0.05, 0.1) is 0 Å². The lowest BCUT2D eigenvalue weighted by molar-refractivity contribution is 0.651. The molecule has 0 spiro atoms. The zero-order chi connectivity index (χ0) is 47.0. The van der Waals surface area contributed by atoms with Crippen LogP contribution in [-0.2, 0) is 16.2 Å². The molecule has 3 aliphatic carbocycles. The van der Waals surface area contributed by atoms with Gasteiger partial charge in [-0.15, -0.1) is 0 Å². The number of nitrogens with zero attached hydrogens (tertiary/aromatic N) is 1. The largest absolute Gasteiger partial charge is 0.456 e. The molecule has 0 fully saturated rings. The van der Waals surface area contributed by atoms with Crippen molar-refractivity contribution < 1.29 is 8.83 Å². The van der Waals surface area contributed by atoms with E-state index in [-0.39, 0.29) is 16.2 Å². The van der Waals surface area contributed by atoms with Gasteiger partial charge in [0, 0.05) is 60.4 Å². The first-order chi connectivity index (χ1) is 34.0. The summed E-state index contributed by atoms with van der Waals surface area (Å²) in [6, 6.07) is 69.7. The predicted octanol–water partition coefficient (Wildman–Crippen LogP) is 18.7. The smallest absolute Gasteiger partial charge is 0.143 e. The van der Waals surface area contributed by atoms with E-state index in [1.807, 2.05) is 0 Å². The molecule has 70 heavy (non-hydrogen) atoms. The number of anilines is 3. The third-order valence-electron chi connectivity index (χ3n) is 16.8. The fourth-order valence-electron chi connectivity index (χ4n) is 13.2. The molecular weight excluding hydrogens is 851 g/mol. The Hall–Kier alpha value is -8.14. The number of hydrogen-bond donors (Lipinski definition) is 0. The Morgan fingerprint density at radius 3 is 1.63 bits per heavy atom. The summed E-state index contributed by atoms with van der Waals surface area (Å²) in [6.07, 6.45) is 0. The Bertz CT molecular complexity index is 4270. The number of para-hydroxylation sites is 2. The molecule has 3 aliphatic rings. The van der Waals surface area contributed by atoms with Crippen LogP contribution in [0.5, 0.6) is 0 Å². The molecule has 2 heterocycles. The van der Waals surface area contributed by atoms with Crippen molar-refractivity contribution in [2.24, 2.45) is 0 Å². The molecule has 15 rings (SSSR count). The van der Waals surface area contributed by atoms with Gasteiger partial charge in [0.2, 0.25) is 0 Å². The van der Waals surface area contributed by atoms with Gasteiger partial charge >= 0.3 is 0 Å². The summed E-state index contributed by atoms with van der Waals surface area (Å²) in [5.41, 5.74) is 24.6. The van der Waals surface area contributed by atoms with E-state index in [4.69, 9.17) is 8.83 Å². The first-order valence-corrected chi connectivity index (χ1v) is 24.7. The molecule has 0 atom stereocenters. The monoisotopic (exact) mass is 899 g/mol. The lowest BCUT2D eigenvalue weighted by Gasteiger charge is -2.30. The fraction of sp³-hybridized carbons (Fsp3) is 0.134. The topological polar surface area (TPSA) is 29.5 Å². The second-order valence-electron chi connectivity index (χ2n) is 21.6. The second-order valence-corrected chi connectivity index (χ2v) is 21.6. The van der Waals surface area contributed by atoms with Crippen LogP contribution in [0.2, 0.25) is 0 Å². The molecule has 0 aliphatic heterocycles. The second kappa shape index (κ2) is 13.6. The van der Waals surface area contributed by atoms with Gasteiger partial charge in [0.25, 0.3) is 0 Å². The van der Waals surface area contributed by atoms with Gasteiger partial charge in [0.1, 0.15) is 22.3 Å². The minimum atomic E-state index is -0.297. The molecule has 0 bridgehead atoms. The quantitative estimate of drug-likeness (QED) is 0.176. The number of fused-ring (bicyclic) bond motifs is 18. The highest BCUT2D eigenvalue weighted by atomic mass is 16.3. The van der Waals surface area contributed by atoms with E-state index in [2.05, 4.69) is 234 Å². The highest BCUT2D eigenvalue weighted by molar-refractivity contribution is 6.19. The lowest BCUT2D eigenvalue weighted by Crippen LogP contribution is -2.18. The SMILES string of the molecule is CC1(C)c2cc(N(c3ccc4c(c3)C(C)(C)c3cc(-c5ccccc5)c5oc6ccccc6c5c3-4)c3ccc4ccccc4c3)ccc2-c2cc3c(cc21)-c1c(ccc2oc4ccccc4c12)C3(C)C.